The van der Waals surface area contributed by atoms with Crippen molar-refractivity contribution in [2.45, 2.75) is 32.0 Å². The van der Waals surface area contributed by atoms with E-state index < -0.39 is 23.4 Å². The highest BCUT2D eigenvalue weighted by atomic mass is 35.5. The maximum atomic E-state index is 13.2. The molecule has 3 N–H and O–H groups in total. The summed E-state index contributed by atoms with van der Waals surface area (Å²) in [6, 6.07) is 8.61. The summed E-state index contributed by atoms with van der Waals surface area (Å²) in [5, 5.41) is 6.47. The van der Waals surface area contributed by atoms with Crippen LogP contribution < -0.4 is 15.4 Å². The molecule has 1 amide bonds. The van der Waals surface area contributed by atoms with Gasteiger partial charge in [-0.15, -0.1) is 0 Å². The predicted octanol–water partition coefficient (Wildman–Crippen LogP) is 6.99. The fourth-order valence-electron chi connectivity index (χ4n) is 4.02. The van der Waals surface area contributed by atoms with Crippen LogP contribution in [0, 0.1) is 0 Å². The normalized spacial score (nSPS) is 14.4. The monoisotopic (exact) mass is 535 g/mol. The van der Waals surface area contributed by atoms with E-state index in [9.17, 15) is 18.0 Å². The predicted molar refractivity (Wildman–Crippen MR) is 131 cm³/mol. The number of pyridine rings is 1. The molecule has 0 bridgehead atoms. The van der Waals surface area contributed by atoms with E-state index in [1.165, 1.54) is 0 Å². The van der Waals surface area contributed by atoms with E-state index in [1.807, 2.05) is 13.8 Å². The van der Waals surface area contributed by atoms with Gasteiger partial charge in [0.2, 0.25) is 5.95 Å². The molecular weight excluding hydrogens is 518 g/mol. The van der Waals surface area contributed by atoms with Crippen LogP contribution >= 0.6 is 23.2 Å². The third-order valence-electron chi connectivity index (χ3n) is 5.57. The van der Waals surface area contributed by atoms with Crippen molar-refractivity contribution in [3.63, 3.8) is 0 Å². The molecule has 0 spiro atoms. The zero-order valence-electron chi connectivity index (χ0n) is 18.8. The molecule has 0 unspecified atom stereocenters. The Morgan fingerprint density at radius 2 is 1.89 bits per heavy atom. The summed E-state index contributed by atoms with van der Waals surface area (Å²) in [5.41, 5.74) is 1.02. The molecule has 5 rings (SSSR count). The highest BCUT2D eigenvalue weighted by Gasteiger charge is 2.36. The number of amides is 1. The smallest absolute Gasteiger partial charge is 0.433 e. The topological polar surface area (TPSA) is 91.9 Å². The number of aromatic amines is 1. The Kier molecular flexibility index (Phi) is 5.76. The number of carbonyl (C=O) groups excluding carboxylic acids is 1. The molecule has 2 aromatic carbocycles. The summed E-state index contributed by atoms with van der Waals surface area (Å²) in [7, 11) is 0. The number of carbonyl (C=O) groups is 1. The number of alkyl halides is 3. The Labute approximate surface area is 213 Å². The van der Waals surface area contributed by atoms with Crippen molar-refractivity contribution in [1.29, 1.82) is 0 Å². The fraction of sp³-hybridized carbons (Fsp3) is 0.208. The first-order chi connectivity index (χ1) is 16.9. The molecule has 2 aromatic heterocycles. The molecular formula is C24H18Cl2F3N5O2. The van der Waals surface area contributed by atoms with Crippen LogP contribution in [0.4, 0.5) is 30.5 Å². The van der Waals surface area contributed by atoms with Gasteiger partial charge in [0.25, 0.3) is 5.91 Å². The van der Waals surface area contributed by atoms with Crippen molar-refractivity contribution in [2.24, 2.45) is 0 Å². The molecule has 4 aromatic rings. The summed E-state index contributed by atoms with van der Waals surface area (Å²) >= 11 is 12.5. The number of benzene rings is 2. The Balaban J connectivity index is 1.51. The summed E-state index contributed by atoms with van der Waals surface area (Å²) in [6.45, 7) is 3.77. The van der Waals surface area contributed by atoms with Crippen molar-refractivity contribution in [3.8, 4) is 5.75 Å². The number of ether oxygens (including phenoxy) is 1. The van der Waals surface area contributed by atoms with Gasteiger partial charge < -0.3 is 20.4 Å². The maximum Gasteiger partial charge on any atom is 0.433 e. The van der Waals surface area contributed by atoms with Gasteiger partial charge in [0.05, 0.1) is 44.2 Å². The molecule has 0 atom stereocenters. The molecule has 36 heavy (non-hydrogen) atoms. The zero-order valence-corrected chi connectivity index (χ0v) is 20.4. The number of hydrogen-bond acceptors (Lipinski definition) is 5. The number of hydrogen-bond donors (Lipinski definition) is 3. The third kappa shape index (κ3) is 4.54. The lowest BCUT2D eigenvalue weighted by Crippen LogP contribution is -2.25. The first-order valence-electron chi connectivity index (χ1n) is 10.7. The molecule has 0 aliphatic carbocycles. The number of aromatic nitrogens is 3. The van der Waals surface area contributed by atoms with Gasteiger partial charge in [-0.1, -0.05) is 29.3 Å². The largest absolute Gasteiger partial charge is 0.486 e. The molecule has 12 heteroatoms. The van der Waals surface area contributed by atoms with Crippen LogP contribution in [-0.2, 0) is 12.6 Å². The van der Waals surface area contributed by atoms with Gasteiger partial charge in [0.15, 0.2) is 0 Å². The second-order valence-electron chi connectivity index (χ2n) is 8.86. The number of anilines is 3. The van der Waals surface area contributed by atoms with Crippen LogP contribution in [0.1, 0.15) is 35.5 Å². The number of rotatable bonds is 4. The van der Waals surface area contributed by atoms with E-state index in [-0.39, 0.29) is 11.3 Å². The summed E-state index contributed by atoms with van der Waals surface area (Å²) in [6.07, 6.45) is -3.14. The van der Waals surface area contributed by atoms with Gasteiger partial charge in [-0.25, -0.2) is 9.97 Å². The molecule has 0 saturated carbocycles. The summed E-state index contributed by atoms with van der Waals surface area (Å²) in [5.74, 6) is 0.153. The molecule has 1 aliphatic rings. The molecule has 0 radical (unpaired) electrons. The quantitative estimate of drug-likeness (QED) is 0.262. The Bertz CT molecular complexity index is 1480. The number of nitrogens with one attached hydrogen (secondary N) is 3. The van der Waals surface area contributed by atoms with Crippen molar-refractivity contribution >= 4 is 57.5 Å². The molecule has 186 valence electrons. The van der Waals surface area contributed by atoms with E-state index in [1.54, 1.807) is 24.3 Å². The van der Waals surface area contributed by atoms with Gasteiger partial charge in [0.1, 0.15) is 17.0 Å². The second kappa shape index (κ2) is 8.56. The minimum Gasteiger partial charge on any atom is -0.486 e. The number of nitrogens with zero attached hydrogens (tertiary/aromatic N) is 2. The average molecular weight is 536 g/mol. The number of H-pyrrole nitrogens is 1. The Hall–Kier alpha value is -3.50. The molecule has 0 fully saturated rings. The Morgan fingerprint density at radius 3 is 2.53 bits per heavy atom. The number of imidazole rings is 1. The third-order valence-corrected chi connectivity index (χ3v) is 6.20. The molecule has 1 aliphatic heterocycles. The maximum absolute atomic E-state index is 13.2. The van der Waals surface area contributed by atoms with E-state index in [0.29, 0.717) is 44.9 Å². The zero-order chi connectivity index (χ0) is 25.8. The highest BCUT2D eigenvalue weighted by Crippen LogP contribution is 2.43. The standard InChI is InChI=1S/C24H18Cl2F3N5O2/c1-23(2)9-13-18-16(32-22(33-18)34-19-14(25)4-3-5-15(19)26)8-12(20(13)36-23)21(35)31-11-6-7-17(30-10-11)24(27,28)29/h3-8,10H,9H2,1-2H3,(H,31,35)(H2,32,33,34). The SMILES string of the molecule is CC1(C)Cc2c(c(C(=O)Nc3ccc(C(F)(F)F)nc3)cc3[nH]c(Nc4c(Cl)cccc4Cl)nc23)O1. The number of halogens is 5. The second-order valence-corrected chi connectivity index (χ2v) is 9.67. The van der Waals surface area contributed by atoms with Gasteiger partial charge in [-0.3, -0.25) is 4.79 Å². The molecule has 0 saturated heterocycles. The van der Waals surface area contributed by atoms with Crippen molar-refractivity contribution in [2.75, 3.05) is 10.6 Å². The lowest BCUT2D eigenvalue weighted by Gasteiger charge is -2.18. The van der Waals surface area contributed by atoms with Gasteiger partial charge >= 0.3 is 6.18 Å². The highest BCUT2D eigenvalue weighted by molar-refractivity contribution is 6.39. The van der Waals surface area contributed by atoms with Crippen molar-refractivity contribution in [1.82, 2.24) is 15.0 Å². The van der Waals surface area contributed by atoms with Crippen LogP contribution in [0.5, 0.6) is 5.75 Å². The van der Waals surface area contributed by atoms with Gasteiger partial charge in [-0.05, 0) is 44.2 Å². The lowest BCUT2D eigenvalue weighted by atomic mass is 9.98. The Morgan fingerprint density at radius 1 is 1.17 bits per heavy atom. The van der Waals surface area contributed by atoms with E-state index in [4.69, 9.17) is 27.9 Å². The fourth-order valence-corrected chi connectivity index (χ4v) is 4.51. The first-order valence-corrected chi connectivity index (χ1v) is 11.5. The summed E-state index contributed by atoms with van der Waals surface area (Å²) in [4.78, 5) is 24.3. The van der Waals surface area contributed by atoms with Crippen LogP contribution in [0.15, 0.2) is 42.6 Å². The van der Waals surface area contributed by atoms with Gasteiger partial charge in [0, 0.05) is 12.0 Å². The van der Waals surface area contributed by atoms with Crippen molar-refractivity contribution < 1.29 is 22.7 Å². The minimum atomic E-state index is -4.58. The van der Waals surface area contributed by atoms with Crippen LogP contribution in [0.3, 0.4) is 0 Å². The van der Waals surface area contributed by atoms with Crippen molar-refractivity contribution in [3.05, 3.63) is 69.5 Å². The number of para-hydroxylation sites is 1. The number of fused-ring (bicyclic) bond motifs is 3. The minimum absolute atomic E-state index is 0.111. The van der Waals surface area contributed by atoms with E-state index in [2.05, 4.69) is 25.6 Å². The first kappa shape index (κ1) is 24.2. The average Bonchev–Trinajstić information content (AvgIpc) is 3.34. The lowest BCUT2D eigenvalue weighted by molar-refractivity contribution is -0.141. The van der Waals surface area contributed by atoms with Crippen LogP contribution in [0.2, 0.25) is 10.0 Å². The van der Waals surface area contributed by atoms with Crippen LogP contribution in [-0.4, -0.2) is 26.5 Å². The van der Waals surface area contributed by atoms with Crippen LogP contribution in [0.25, 0.3) is 11.0 Å². The summed E-state index contributed by atoms with van der Waals surface area (Å²) < 4.78 is 44.5. The molecule has 7 nitrogen and oxygen atoms in total. The van der Waals surface area contributed by atoms with Gasteiger partial charge in [-0.2, -0.15) is 13.2 Å². The van der Waals surface area contributed by atoms with E-state index in [0.717, 1.165) is 23.9 Å². The van der Waals surface area contributed by atoms with E-state index >= 15 is 0 Å². The molecule has 3 heterocycles.